The van der Waals surface area contributed by atoms with Crippen molar-refractivity contribution in [2.45, 2.75) is 101 Å². The van der Waals surface area contributed by atoms with Crippen LogP contribution in [0.5, 0.6) is 5.75 Å². The van der Waals surface area contributed by atoms with E-state index >= 15 is 17.6 Å². The molecule has 0 radical (unpaired) electrons. The van der Waals surface area contributed by atoms with Crippen molar-refractivity contribution < 1.29 is 41.5 Å². The number of rotatable bonds is 11. The average molecular weight is 905 g/mol. The van der Waals surface area contributed by atoms with E-state index in [0.717, 1.165) is 94.8 Å². The first kappa shape index (κ1) is 44.5. The second-order valence-electron chi connectivity index (χ2n) is 18.8. The summed E-state index contributed by atoms with van der Waals surface area (Å²) in [5.41, 5.74) is 1.43. The third-order valence-electron chi connectivity index (χ3n) is 14.5. The van der Waals surface area contributed by atoms with Crippen LogP contribution in [0.1, 0.15) is 87.4 Å². The largest absolute Gasteiger partial charge is 0.495 e. The number of aromatic nitrogens is 2. The number of amides is 4. The van der Waals surface area contributed by atoms with Crippen LogP contribution in [0.4, 0.5) is 52.1 Å². The number of nitrogens with zero attached hydrogens (tertiary/aromatic N) is 6. The predicted octanol–water partition coefficient (Wildman–Crippen LogP) is 5.98. The molecule has 5 fully saturated rings. The SMILES string of the molecule is COc1cc(C(=O)NC2CC3(CCN(CC4CCN(c5cc(F)c(NC6CCC(=O)NC6=O)cc5F)CC4)CC3)C2)ccc1Nc1ncc2c(n1)N(C1CCCC1)CC(F)(F)C(=O)N2C. The van der Waals surface area contributed by atoms with Gasteiger partial charge in [0.25, 0.3) is 11.8 Å². The molecule has 0 bridgehead atoms. The van der Waals surface area contributed by atoms with Crippen molar-refractivity contribution in [1.29, 1.82) is 0 Å². The van der Waals surface area contributed by atoms with E-state index in [1.54, 1.807) is 23.1 Å². The highest BCUT2D eigenvalue weighted by molar-refractivity contribution is 6.02. The number of fused-ring (bicyclic) bond motifs is 1. The molecule has 2 aliphatic carbocycles. The Morgan fingerprint density at radius 3 is 2.37 bits per heavy atom. The van der Waals surface area contributed by atoms with E-state index in [4.69, 9.17) is 4.74 Å². The summed E-state index contributed by atoms with van der Waals surface area (Å²) in [4.78, 5) is 65.6. The number of imide groups is 1. The second-order valence-corrected chi connectivity index (χ2v) is 18.8. The van der Waals surface area contributed by atoms with E-state index in [1.807, 2.05) is 4.90 Å². The third kappa shape index (κ3) is 9.25. The minimum Gasteiger partial charge on any atom is -0.495 e. The summed E-state index contributed by atoms with van der Waals surface area (Å²) >= 11 is 0. The third-order valence-corrected chi connectivity index (χ3v) is 14.5. The molecule has 9 rings (SSSR count). The number of nitrogens with one attached hydrogen (secondary N) is 4. The highest BCUT2D eigenvalue weighted by Gasteiger charge is 2.49. The summed E-state index contributed by atoms with van der Waals surface area (Å²) in [6.45, 7) is 3.37. The Morgan fingerprint density at radius 2 is 1.66 bits per heavy atom. The number of anilines is 6. The average Bonchev–Trinajstić information content (AvgIpc) is 3.81. The van der Waals surface area contributed by atoms with Crippen molar-refractivity contribution in [3.63, 3.8) is 0 Å². The number of piperidine rings is 3. The number of methoxy groups -OCH3 is 1. The molecule has 3 saturated heterocycles. The van der Waals surface area contributed by atoms with Gasteiger partial charge >= 0.3 is 5.92 Å². The van der Waals surface area contributed by atoms with Gasteiger partial charge in [-0.05, 0) is 100 Å². The van der Waals surface area contributed by atoms with Crippen LogP contribution >= 0.6 is 0 Å². The molecule has 5 heterocycles. The number of alkyl halides is 2. The van der Waals surface area contributed by atoms with Gasteiger partial charge in [-0.25, -0.2) is 13.8 Å². The van der Waals surface area contributed by atoms with E-state index in [1.165, 1.54) is 26.4 Å². The van der Waals surface area contributed by atoms with Crippen LogP contribution in [0.2, 0.25) is 0 Å². The number of benzene rings is 2. The van der Waals surface area contributed by atoms with Gasteiger partial charge < -0.3 is 40.3 Å². The molecule has 3 aromatic rings. The number of carbonyl (C=O) groups excluding carboxylic acids is 4. The second kappa shape index (κ2) is 17.9. The molecule has 4 N–H and O–H groups in total. The maximum absolute atomic E-state index is 15.3. The summed E-state index contributed by atoms with van der Waals surface area (Å²) < 4.78 is 66.1. The zero-order valence-corrected chi connectivity index (χ0v) is 36.7. The Balaban J connectivity index is 0.736. The molecule has 65 heavy (non-hydrogen) atoms. The highest BCUT2D eigenvalue weighted by atomic mass is 19.3. The van der Waals surface area contributed by atoms with Gasteiger partial charge in [-0.3, -0.25) is 24.5 Å². The van der Waals surface area contributed by atoms with Gasteiger partial charge in [0.15, 0.2) is 5.82 Å². The number of halogens is 4. The van der Waals surface area contributed by atoms with Gasteiger partial charge in [0, 0.05) is 62.9 Å². The molecule has 15 nitrogen and oxygen atoms in total. The number of carbonyl (C=O) groups is 4. The monoisotopic (exact) mass is 904 g/mol. The van der Waals surface area contributed by atoms with Crippen LogP contribution < -0.4 is 40.7 Å². The fourth-order valence-corrected chi connectivity index (χ4v) is 10.8. The lowest BCUT2D eigenvalue weighted by Gasteiger charge is -2.52. The number of hydrogen-bond acceptors (Lipinski definition) is 12. The zero-order valence-electron chi connectivity index (χ0n) is 36.7. The van der Waals surface area contributed by atoms with E-state index in [0.29, 0.717) is 36.0 Å². The fraction of sp³-hybridized carbons (Fsp3) is 0.565. The van der Waals surface area contributed by atoms with E-state index < -0.39 is 42.0 Å². The van der Waals surface area contributed by atoms with Gasteiger partial charge in [-0.2, -0.15) is 13.8 Å². The first-order valence-electron chi connectivity index (χ1n) is 22.8. The molecule has 4 amide bonds. The van der Waals surface area contributed by atoms with Crippen LogP contribution in [0.15, 0.2) is 36.5 Å². The Bertz CT molecular complexity index is 2320. The van der Waals surface area contributed by atoms with Gasteiger partial charge in [0.2, 0.25) is 17.8 Å². The summed E-state index contributed by atoms with van der Waals surface area (Å²) in [6.07, 6.45) is 10.7. The zero-order chi connectivity index (χ0) is 45.6. The van der Waals surface area contributed by atoms with E-state index in [2.05, 4.69) is 36.1 Å². The molecule has 348 valence electrons. The Morgan fingerprint density at radius 1 is 0.923 bits per heavy atom. The van der Waals surface area contributed by atoms with Crippen LogP contribution in [-0.4, -0.2) is 116 Å². The molecule has 1 atom stereocenters. The summed E-state index contributed by atoms with van der Waals surface area (Å²) in [5, 5.41) is 11.3. The van der Waals surface area contributed by atoms with Crippen molar-refractivity contribution in [2.75, 3.05) is 78.8 Å². The summed E-state index contributed by atoms with van der Waals surface area (Å²) in [5.74, 6) is -5.99. The maximum atomic E-state index is 15.3. The standard InChI is InChI=1S/C46H56F4N10O5/c1-57-37-24-51-44(56-40(37)60(30-5-3-4-6-30)26-46(49,50)43(57)64)54-33-8-7-28(19-38(33)65-2)41(62)52-29-22-45(23-29)13-17-58(18-14-45)25-27-11-15-59(16-12-27)36-21-31(47)35(20-32(36)48)53-34-9-10-39(61)55-42(34)63/h7-8,19-21,24,27,29-30,34,53H,3-6,9-18,22-23,25-26H2,1-2H3,(H,52,62)(H,51,54,56)(H,55,61,63). The molecule has 1 unspecified atom stereocenters. The smallest absolute Gasteiger partial charge is 0.342 e. The lowest BCUT2D eigenvalue weighted by Crippen LogP contribution is -2.55. The van der Waals surface area contributed by atoms with Gasteiger partial charge in [0.1, 0.15) is 29.1 Å². The van der Waals surface area contributed by atoms with Gasteiger partial charge in [0.05, 0.1) is 36.9 Å². The topological polar surface area (TPSA) is 164 Å². The van der Waals surface area contributed by atoms with Crippen molar-refractivity contribution >= 4 is 58.1 Å². The quantitative estimate of drug-likeness (QED) is 0.132. The molecule has 19 heteroatoms. The lowest BCUT2D eigenvalue weighted by molar-refractivity contribution is -0.140. The van der Waals surface area contributed by atoms with Crippen LogP contribution in [-0.2, 0) is 14.4 Å². The fourth-order valence-electron chi connectivity index (χ4n) is 10.8. The first-order valence-corrected chi connectivity index (χ1v) is 22.8. The minimum absolute atomic E-state index is 0.0582. The molecule has 4 aliphatic heterocycles. The number of hydrogen-bond donors (Lipinski definition) is 4. The van der Waals surface area contributed by atoms with Crippen LogP contribution in [0, 0.1) is 23.0 Å². The summed E-state index contributed by atoms with van der Waals surface area (Å²) in [7, 11) is 2.80. The van der Waals surface area contributed by atoms with Crippen molar-refractivity contribution in [3.05, 3.63) is 53.7 Å². The molecular formula is C46H56F4N10O5. The van der Waals surface area contributed by atoms with Crippen LogP contribution in [0.25, 0.3) is 0 Å². The number of likely N-dealkylation sites (tertiary alicyclic amines) is 1. The predicted molar refractivity (Wildman–Crippen MR) is 236 cm³/mol. The summed E-state index contributed by atoms with van der Waals surface area (Å²) in [6, 6.07) is 6.39. The van der Waals surface area contributed by atoms with Crippen molar-refractivity contribution in [1.82, 2.24) is 25.5 Å². The molecular weight excluding hydrogens is 849 g/mol. The highest BCUT2D eigenvalue weighted by Crippen LogP contribution is 2.49. The molecule has 1 spiro atoms. The Hall–Kier alpha value is -5.72. The van der Waals surface area contributed by atoms with E-state index in [9.17, 15) is 19.2 Å². The molecule has 2 saturated carbocycles. The minimum atomic E-state index is -3.58. The maximum Gasteiger partial charge on any atom is 0.342 e. The molecule has 6 aliphatic rings. The Kier molecular flexibility index (Phi) is 12.3. The first-order chi connectivity index (χ1) is 31.2. The molecule has 2 aromatic carbocycles. The molecule has 1 aromatic heterocycles. The van der Waals surface area contributed by atoms with Crippen molar-refractivity contribution in [2.24, 2.45) is 11.3 Å². The van der Waals surface area contributed by atoms with Crippen LogP contribution in [0.3, 0.4) is 0 Å². The Labute approximate surface area is 375 Å². The normalized spacial score (nSPS) is 22.9. The van der Waals surface area contributed by atoms with E-state index in [-0.39, 0.29) is 71.0 Å². The number of ether oxygens (including phenoxy) is 1. The van der Waals surface area contributed by atoms with Gasteiger partial charge in [-0.1, -0.05) is 12.8 Å². The van der Waals surface area contributed by atoms with Gasteiger partial charge in [-0.15, -0.1) is 0 Å². The lowest BCUT2D eigenvalue weighted by atomic mass is 9.60. The van der Waals surface area contributed by atoms with Crippen molar-refractivity contribution in [3.8, 4) is 5.75 Å².